The Morgan fingerprint density at radius 3 is 2.60 bits per heavy atom. The van der Waals surface area contributed by atoms with Gasteiger partial charge in [0.1, 0.15) is 4.64 Å². The predicted octanol–water partition coefficient (Wildman–Crippen LogP) is 4.50. The highest BCUT2D eigenvalue weighted by atomic mass is 32.1. The maximum Gasteiger partial charge on any atom is 0.115 e. The molecule has 0 unspecified atom stereocenters. The summed E-state index contributed by atoms with van der Waals surface area (Å²) in [4.78, 5) is 1.32. The van der Waals surface area contributed by atoms with E-state index in [0.29, 0.717) is 0 Å². The number of hydrogen-bond donors (Lipinski definition) is 0. The molecule has 0 aliphatic carbocycles. The van der Waals surface area contributed by atoms with Gasteiger partial charge in [0.05, 0.1) is 0 Å². The largest absolute Gasteiger partial charge is 0.333 e. The van der Waals surface area contributed by atoms with Crippen molar-refractivity contribution in [2.24, 2.45) is 0 Å². The van der Waals surface area contributed by atoms with Crippen LogP contribution in [-0.4, -0.2) is 4.57 Å². The second-order valence-electron chi connectivity index (χ2n) is 4.80. The predicted molar refractivity (Wildman–Crippen MR) is 70.4 cm³/mol. The quantitative estimate of drug-likeness (QED) is 0.611. The molecule has 2 aromatic rings. The van der Waals surface area contributed by atoms with Crippen molar-refractivity contribution in [2.75, 3.05) is 0 Å². The molecule has 0 bridgehead atoms. The van der Waals surface area contributed by atoms with Gasteiger partial charge in [-0.05, 0) is 39.8 Å². The molecule has 0 atom stereocenters. The molecule has 2 heterocycles. The SMILES string of the molecule is Cc1cc2c(=S)n(C(C)(C)C)ccc2s1. The van der Waals surface area contributed by atoms with Crippen molar-refractivity contribution in [3.8, 4) is 0 Å². The summed E-state index contributed by atoms with van der Waals surface area (Å²) in [7, 11) is 0. The fourth-order valence-electron chi connectivity index (χ4n) is 1.69. The minimum atomic E-state index is 0.0567. The molecule has 2 aromatic heterocycles. The minimum Gasteiger partial charge on any atom is -0.333 e. The number of pyridine rings is 1. The zero-order valence-electron chi connectivity index (χ0n) is 9.50. The molecule has 0 radical (unpaired) electrons. The lowest BCUT2D eigenvalue weighted by Gasteiger charge is -2.23. The summed E-state index contributed by atoms with van der Waals surface area (Å²) < 4.78 is 4.40. The van der Waals surface area contributed by atoms with Crippen LogP contribution >= 0.6 is 23.6 Å². The lowest BCUT2D eigenvalue weighted by atomic mass is 10.1. The maximum absolute atomic E-state index is 5.52. The summed E-state index contributed by atoms with van der Waals surface area (Å²) in [6, 6.07) is 4.35. The average Bonchev–Trinajstić information content (AvgIpc) is 2.44. The van der Waals surface area contributed by atoms with Crippen molar-refractivity contribution in [3.05, 3.63) is 27.8 Å². The van der Waals surface area contributed by atoms with Gasteiger partial charge in [-0.15, -0.1) is 11.3 Å². The van der Waals surface area contributed by atoms with Gasteiger partial charge in [-0.2, -0.15) is 0 Å². The van der Waals surface area contributed by atoms with Crippen LogP contribution < -0.4 is 0 Å². The first-order valence-corrected chi connectivity index (χ1v) is 6.24. The summed E-state index contributed by atoms with van der Waals surface area (Å²) in [5, 5.41) is 1.21. The van der Waals surface area contributed by atoms with E-state index in [9.17, 15) is 0 Å². The highest BCUT2D eigenvalue weighted by molar-refractivity contribution is 7.71. The van der Waals surface area contributed by atoms with Crippen LogP contribution in [0.25, 0.3) is 10.1 Å². The van der Waals surface area contributed by atoms with E-state index in [-0.39, 0.29) is 5.54 Å². The molecule has 0 fully saturated rings. The van der Waals surface area contributed by atoms with E-state index in [1.54, 1.807) is 11.3 Å². The summed E-state index contributed by atoms with van der Waals surface area (Å²) in [6.45, 7) is 8.65. The number of aryl methyl sites for hydroxylation is 1. The van der Waals surface area contributed by atoms with Gasteiger partial charge in [0.15, 0.2) is 0 Å². The Labute approximate surface area is 99.4 Å². The molecule has 0 amide bonds. The van der Waals surface area contributed by atoms with Crippen molar-refractivity contribution in [2.45, 2.75) is 33.2 Å². The van der Waals surface area contributed by atoms with E-state index >= 15 is 0 Å². The highest BCUT2D eigenvalue weighted by Gasteiger charge is 2.14. The summed E-state index contributed by atoms with van der Waals surface area (Å²) in [6.07, 6.45) is 2.10. The lowest BCUT2D eigenvalue weighted by Crippen LogP contribution is -2.22. The fourth-order valence-corrected chi connectivity index (χ4v) is 3.18. The Kier molecular flexibility index (Phi) is 2.47. The Balaban J connectivity index is 2.82. The molecule has 0 N–H and O–H groups in total. The van der Waals surface area contributed by atoms with Gasteiger partial charge in [0, 0.05) is 26.7 Å². The minimum absolute atomic E-state index is 0.0567. The highest BCUT2D eigenvalue weighted by Crippen LogP contribution is 2.28. The van der Waals surface area contributed by atoms with Gasteiger partial charge in [-0.3, -0.25) is 0 Å². The average molecular weight is 237 g/mol. The Bertz CT molecular complexity index is 555. The van der Waals surface area contributed by atoms with Crippen molar-refractivity contribution in [1.82, 2.24) is 4.57 Å². The second kappa shape index (κ2) is 3.42. The van der Waals surface area contributed by atoms with Gasteiger partial charge < -0.3 is 4.57 Å². The fraction of sp³-hybridized carbons (Fsp3) is 0.417. The Morgan fingerprint density at radius 2 is 2.00 bits per heavy atom. The lowest BCUT2D eigenvalue weighted by molar-refractivity contribution is 0.392. The molecule has 0 aliphatic rings. The monoisotopic (exact) mass is 237 g/mol. The number of fused-ring (bicyclic) bond motifs is 1. The Hall–Kier alpha value is -0.670. The first-order chi connectivity index (χ1) is 6.89. The topological polar surface area (TPSA) is 4.93 Å². The third kappa shape index (κ3) is 1.86. The molecule has 0 spiro atoms. The number of rotatable bonds is 0. The molecule has 0 aliphatic heterocycles. The van der Waals surface area contributed by atoms with Gasteiger partial charge in [0.25, 0.3) is 0 Å². The second-order valence-corrected chi connectivity index (χ2v) is 6.47. The van der Waals surface area contributed by atoms with Crippen LogP contribution in [0.1, 0.15) is 25.6 Å². The first-order valence-electron chi connectivity index (χ1n) is 5.02. The summed E-state index contributed by atoms with van der Waals surface area (Å²) in [5.41, 5.74) is 0.0567. The van der Waals surface area contributed by atoms with Gasteiger partial charge >= 0.3 is 0 Å². The first kappa shape index (κ1) is 10.8. The van der Waals surface area contributed by atoms with E-state index in [1.807, 2.05) is 0 Å². The van der Waals surface area contributed by atoms with Gasteiger partial charge in [0.2, 0.25) is 0 Å². The standard InChI is InChI=1S/C12H15NS2/c1-8-7-9-10(15-8)5-6-13(11(9)14)12(2,3)4/h5-7H,1-4H3. The zero-order valence-corrected chi connectivity index (χ0v) is 11.1. The zero-order chi connectivity index (χ0) is 11.2. The molecule has 2 rings (SSSR count). The van der Waals surface area contributed by atoms with E-state index in [1.165, 1.54) is 15.0 Å². The van der Waals surface area contributed by atoms with Gasteiger partial charge in [-0.25, -0.2) is 0 Å². The third-order valence-electron chi connectivity index (χ3n) is 2.43. The van der Waals surface area contributed by atoms with Crippen molar-refractivity contribution < 1.29 is 0 Å². The molecule has 0 saturated carbocycles. The number of thiophene rings is 1. The number of nitrogens with zero attached hydrogens (tertiary/aromatic N) is 1. The van der Waals surface area contributed by atoms with Crippen LogP contribution in [0.2, 0.25) is 0 Å². The summed E-state index contributed by atoms with van der Waals surface area (Å²) >= 11 is 7.33. The smallest absolute Gasteiger partial charge is 0.115 e. The molecule has 3 heteroatoms. The molecule has 0 saturated heterocycles. The van der Waals surface area contributed by atoms with Crippen LogP contribution in [-0.2, 0) is 5.54 Å². The Morgan fingerprint density at radius 1 is 1.33 bits per heavy atom. The molecule has 15 heavy (non-hydrogen) atoms. The molecule has 0 aromatic carbocycles. The molecule has 80 valence electrons. The van der Waals surface area contributed by atoms with Crippen LogP contribution in [0, 0.1) is 11.6 Å². The van der Waals surface area contributed by atoms with Crippen molar-refractivity contribution >= 4 is 33.6 Å². The molecular weight excluding hydrogens is 222 g/mol. The van der Waals surface area contributed by atoms with Crippen molar-refractivity contribution in [3.63, 3.8) is 0 Å². The normalized spacial score (nSPS) is 12.3. The summed E-state index contributed by atoms with van der Waals surface area (Å²) in [5.74, 6) is 0. The van der Waals surface area contributed by atoms with Crippen LogP contribution in [0.15, 0.2) is 18.3 Å². The van der Waals surface area contributed by atoms with E-state index in [2.05, 4.69) is 50.6 Å². The van der Waals surface area contributed by atoms with Crippen LogP contribution in [0.3, 0.4) is 0 Å². The van der Waals surface area contributed by atoms with Crippen LogP contribution in [0.5, 0.6) is 0 Å². The molecule has 1 nitrogen and oxygen atoms in total. The molecular formula is C12H15NS2. The van der Waals surface area contributed by atoms with Crippen LogP contribution in [0.4, 0.5) is 0 Å². The van der Waals surface area contributed by atoms with Crippen molar-refractivity contribution in [1.29, 1.82) is 0 Å². The van der Waals surface area contributed by atoms with E-state index < -0.39 is 0 Å². The number of aromatic nitrogens is 1. The van der Waals surface area contributed by atoms with Gasteiger partial charge in [-0.1, -0.05) is 12.2 Å². The van der Waals surface area contributed by atoms with E-state index in [4.69, 9.17) is 12.2 Å². The maximum atomic E-state index is 5.52. The third-order valence-corrected chi connectivity index (χ3v) is 3.86. The van der Waals surface area contributed by atoms with E-state index in [0.717, 1.165) is 4.64 Å². The number of hydrogen-bond acceptors (Lipinski definition) is 2.